The van der Waals surface area contributed by atoms with E-state index in [0.717, 1.165) is 0 Å². The van der Waals surface area contributed by atoms with Gasteiger partial charge in [-0.1, -0.05) is 0 Å². The molecule has 9 N–H and O–H groups in total. The number of nitrogens with one attached hydrogen (secondary N) is 3. The summed E-state index contributed by atoms with van der Waals surface area (Å²) in [6, 6.07) is -4.58. The summed E-state index contributed by atoms with van der Waals surface area (Å²) in [6.07, 6.45) is 0.369. The first-order valence-electron chi connectivity index (χ1n) is 8.80. The molecule has 0 saturated carbocycles. The summed E-state index contributed by atoms with van der Waals surface area (Å²) >= 11 is 0. The van der Waals surface area contributed by atoms with Crippen LogP contribution in [0.2, 0.25) is 0 Å². The molecule has 0 fully saturated rings. The average Bonchev–Trinajstić information content (AvgIpc) is 2.59. The Kier molecular flexibility index (Phi) is 11.4. The van der Waals surface area contributed by atoms with Gasteiger partial charge < -0.3 is 37.6 Å². The van der Waals surface area contributed by atoms with Gasteiger partial charge in [0, 0.05) is 0 Å². The SMILES string of the molecule is CC(N)C(=O)NC(C)C(=O)NC(CCCCN)C(=O)NC(CC(=O)O)C(=O)O. The van der Waals surface area contributed by atoms with E-state index in [1.165, 1.54) is 13.8 Å². The molecule has 4 atom stereocenters. The zero-order chi connectivity index (χ0) is 21.9. The number of rotatable bonds is 13. The van der Waals surface area contributed by atoms with Crippen LogP contribution in [0.4, 0.5) is 0 Å². The predicted molar refractivity (Wildman–Crippen MR) is 97.9 cm³/mol. The standard InChI is InChI=1S/C16H29N5O7/c1-8(18)13(24)19-9(2)14(25)20-10(5-3-4-6-17)15(26)21-11(16(27)28)7-12(22)23/h8-11H,3-7,17-18H2,1-2H3,(H,19,24)(H,20,25)(H,21,26)(H,22,23)(H,27,28). The van der Waals surface area contributed by atoms with Crippen molar-refractivity contribution in [2.24, 2.45) is 11.5 Å². The third-order valence-electron chi connectivity index (χ3n) is 3.74. The van der Waals surface area contributed by atoms with Crippen molar-refractivity contribution >= 4 is 29.7 Å². The van der Waals surface area contributed by atoms with Crippen LogP contribution in [0.15, 0.2) is 0 Å². The molecule has 0 radical (unpaired) electrons. The van der Waals surface area contributed by atoms with Gasteiger partial charge in [0.05, 0.1) is 12.5 Å². The van der Waals surface area contributed by atoms with Gasteiger partial charge in [-0.3, -0.25) is 19.2 Å². The lowest BCUT2D eigenvalue weighted by Gasteiger charge is -2.23. The van der Waals surface area contributed by atoms with E-state index in [0.29, 0.717) is 19.4 Å². The summed E-state index contributed by atoms with van der Waals surface area (Å²) in [5.74, 6) is -4.99. The summed E-state index contributed by atoms with van der Waals surface area (Å²) in [7, 11) is 0. The molecule has 12 nitrogen and oxygen atoms in total. The highest BCUT2D eigenvalue weighted by atomic mass is 16.4. The van der Waals surface area contributed by atoms with Crippen LogP contribution in [0.1, 0.15) is 39.5 Å². The third kappa shape index (κ3) is 9.83. The van der Waals surface area contributed by atoms with Crippen molar-refractivity contribution in [3.8, 4) is 0 Å². The van der Waals surface area contributed by atoms with E-state index in [1.807, 2.05) is 0 Å². The van der Waals surface area contributed by atoms with Crippen molar-refractivity contribution in [3.05, 3.63) is 0 Å². The summed E-state index contributed by atoms with van der Waals surface area (Å²) in [6.45, 7) is 3.20. The van der Waals surface area contributed by atoms with Crippen LogP contribution in [0.5, 0.6) is 0 Å². The summed E-state index contributed by atoms with van der Waals surface area (Å²) < 4.78 is 0. The van der Waals surface area contributed by atoms with Gasteiger partial charge in [0.1, 0.15) is 18.1 Å². The van der Waals surface area contributed by atoms with Crippen molar-refractivity contribution < 1.29 is 34.2 Å². The third-order valence-corrected chi connectivity index (χ3v) is 3.74. The van der Waals surface area contributed by atoms with E-state index < -0.39 is 60.2 Å². The van der Waals surface area contributed by atoms with Gasteiger partial charge in [0.25, 0.3) is 0 Å². The Balaban J connectivity index is 5.10. The van der Waals surface area contributed by atoms with Crippen molar-refractivity contribution in [3.63, 3.8) is 0 Å². The van der Waals surface area contributed by atoms with Gasteiger partial charge in [-0.05, 0) is 39.7 Å². The molecule has 0 aromatic carbocycles. The van der Waals surface area contributed by atoms with Crippen LogP contribution in [-0.2, 0) is 24.0 Å². The number of carbonyl (C=O) groups is 5. The van der Waals surface area contributed by atoms with Crippen molar-refractivity contribution in [1.29, 1.82) is 0 Å². The fraction of sp³-hybridized carbons (Fsp3) is 0.688. The molecule has 0 spiro atoms. The first-order chi connectivity index (χ1) is 13.0. The smallest absolute Gasteiger partial charge is 0.326 e. The molecular weight excluding hydrogens is 374 g/mol. The molecule has 4 unspecified atom stereocenters. The van der Waals surface area contributed by atoms with Gasteiger partial charge >= 0.3 is 11.9 Å². The molecule has 0 heterocycles. The lowest BCUT2D eigenvalue weighted by molar-refractivity contribution is -0.147. The van der Waals surface area contributed by atoms with E-state index in [4.69, 9.17) is 21.7 Å². The molecule has 0 rings (SSSR count). The monoisotopic (exact) mass is 403 g/mol. The van der Waals surface area contributed by atoms with Crippen LogP contribution in [0.25, 0.3) is 0 Å². The quantitative estimate of drug-likeness (QED) is 0.161. The van der Waals surface area contributed by atoms with Crippen molar-refractivity contribution in [2.45, 2.75) is 63.7 Å². The number of carbonyl (C=O) groups excluding carboxylic acids is 3. The number of carboxylic acids is 2. The van der Waals surface area contributed by atoms with E-state index >= 15 is 0 Å². The van der Waals surface area contributed by atoms with Gasteiger partial charge in [0.2, 0.25) is 17.7 Å². The molecule has 0 aromatic rings. The number of carboxylic acid groups (broad SMARTS) is 2. The fourth-order valence-electron chi connectivity index (χ4n) is 2.12. The first-order valence-corrected chi connectivity index (χ1v) is 8.80. The average molecular weight is 403 g/mol. The Hall–Kier alpha value is -2.73. The van der Waals surface area contributed by atoms with E-state index in [9.17, 15) is 24.0 Å². The molecule has 12 heteroatoms. The summed E-state index contributed by atoms with van der Waals surface area (Å²) in [5, 5.41) is 24.7. The normalized spacial score (nSPS) is 14.9. The molecule has 0 aliphatic carbocycles. The Bertz CT molecular complexity index is 582. The second kappa shape index (κ2) is 12.6. The first kappa shape index (κ1) is 25.3. The van der Waals surface area contributed by atoms with Gasteiger partial charge in [-0.25, -0.2) is 4.79 Å². The Morgan fingerprint density at radius 2 is 1.43 bits per heavy atom. The van der Waals surface area contributed by atoms with Crippen molar-refractivity contribution in [1.82, 2.24) is 16.0 Å². The number of hydrogen-bond donors (Lipinski definition) is 7. The number of hydrogen-bond acceptors (Lipinski definition) is 7. The van der Waals surface area contributed by atoms with E-state index in [1.54, 1.807) is 0 Å². The molecule has 0 aliphatic rings. The topological polar surface area (TPSA) is 214 Å². The lowest BCUT2D eigenvalue weighted by Crippen LogP contribution is -2.56. The van der Waals surface area contributed by atoms with Crippen LogP contribution in [0.3, 0.4) is 0 Å². The van der Waals surface area contributed by atoms with Gasteiger partial charge in [-0.2, -0.15) is 0 Å². The van der Waals surface area contributed by atoms with Gasteiger partial charge in [0.15, 0.2) is 0 Å². The lowest BCUT2D eigenvalue weighted by atomic mass is 10.1. The minimum absolute atomic E-state index is 0.155. The highest BCUT2D eigenvalue weighted by molar-refractivity contribution is 5.94. The fourth-order valence-corrected chi connectivity index (χ4v) is 2.12. The molecular formula is C16H29N5O7. The van der Waals surface area contributed by atoms with E-state index in [2.05, 4.69) is 16.0 Å². The van der Waals surface area contributed by atoms with Crippen LogP contribution < -0.4 is 27.4 Å². The van der Waals surface area contributed by atoms with Crippen LogP contribution >= 0.6 is 0 Å². The Labute approximate surface area is 162 Å². The Morgan fingerprint density at radius 3 is 1.89 bits per heavy atom. The molecule has 0 bridgehead atoms. The van der Waals surface area contributed by atoms with Crippen molar-refractivity contribution in [2.75, 3.05) is 6.54 Å². The highest BCUT2D eigenvalue weighted by Crippen LogP contribution is 2.04. The summed E-state index contributed by atoms with van der Waals surface area (Å²) in [5.41, 5.74) is 10.8. The second-order valence-corrected chi connectivity index (χ2v) is 6.36. The minimum Gasteiger partial charge on any atom is -0.481 e. The zero-order valence-corrected chi connectivity index (χ0v) is 15.9. The van der Waals surface area contributed by atoms with Crippen LogP contribution in [-0.4, -0.2) is 70.6 Å². The molecule has 3 amide bonds. The number of amides is 3. The van der Waals surface area contributed by atoms with Gasteiger partial charge in [-0.15, -0.1) is 0 Å². The Morgan fingerprint density at radius 1 is 0.857 bits per heavy atom. The maximum Gasteiger partial charge on any atom is 0.326 e. The summed E-state index contributed by atoms with van der Waals surface area (Å²) in [4.78, 5) is 58.1. The predicted octanol–water partition coefficient (Wildman–Crippen LogP) is -2.50. The molecule has 0 aromatic heterocycles. The number of unbranched alkanes of at least 4 members (excludes halogenated alkanes) is 1. The van der Waals surface area contributed by atoms with E-state index in [-0.39, 0.29) is 6.42 Å². The molecule has 0 aliphatic heterocycles. The maximum atomic E-state index is 12.4. The molecule has 28 heavy (non-hydrogen) atoms. The number of aliphatic carboxylic acids is 2. The number of nitrogens with two attached hydrogens (primary N) is 2. The molecule has 0 saturated heterocycles. The zero-order valence-electron chi connectivity index (χ0n) is 15.9. The molecule has 160 valence electrons. The second-order valence-electron chi connectivity index (χ2n) is 6.36. The van der Waals surface area contributed by atoms with Crippen LogP contribution in [0, 0.1) is 0 Å². The highest BCUT2D eigenvalue weighted by Gasteiger charge is 2.29. The minimum atomic E-state index is -1.64. The largest absolute Gasteiger partial charge is 0.481 e. The maximum absolute atomic E-state index is 12.4.